The molecule has 12 heavy (non-hydrogen) atoms. The van der Waals surface area contributed by atoms with Crippen molar-refractivity contribution in [2.45, 2.75) is 6.92 Å². The van der Waals surface area contributed by atoms with Crippen LogP contribution in [0.2, 0.25) is 5.02 Å². The molecule has 0 saturated heterocycles. The first kappa shape index (κ1) is 7.62. The van der Waals surface area contributed by atoms with Crippen LogP contribution in [0.1, 0.15) is 5.56 Å². The summed E-state index contributed by atoms with van der Waals surface area (Å²) < 4.78 is 2.03. The highest BCUT2D eigenvalue weighted by molar-refractivity contribution is 6.31. The third kappa shape index (κ3) is 0.994. The molecule has 0 aromatic carbocycles. The number of aromatic nitrogens is 2. The van der Waals surface area contributed by atoms with E-state index in [0.29, 0.717) is 5.02 Å². The minimum Gasteiger partial charge on any atom is -0.349 e. The van der Waals surface area contributed by atoms with Crippen LogP contribution in [-0.2, 0) is 7.05 Å². The van der Waals surface area contributed by atoms with Gasteiger partial charge in [-0.1, -0.05) is 11.6 Å². The van der Waals surface area contributed by atoms with Gasteiger partial charge in [0.15, 0.2) is 0 Å². The van der Waals surface area contributed by atoms with Crippen LogP contribution in [0.15, 0.2) is 18.5 Å². The summed E-state index contributed by atoms with van der Waals surface area (Å²) in [5.74, 6) is 0. The largest absolute Gasteiger partial charge is 0.349 e. The minimum atomic E-state index is 0.684. The summed E-state index contributed by atoms with van der Waals surface area (Å²) in [6.45, 7) is 2.04. The first-order valence-corrected chi connectivity index (χ1v) is 4.13. The van der Waals surface area contributed by atoms with Crippen LogP contribution >= 0.6 is 11.6 Å². The Balaban J connectivity index is 2.90. The van der Waals surface area contributed by atoms with E-state index in [9.17, 15) is 0 Å². The van der Waals surface area contributed by atoms with Gasteiger partial charge in [-0.2, -0.15) is 0 Å². The molecule has 3 heteroatoms. The second kappa shape index (κ2) is 2.49. The number of fused-ring (bicyclic) bond motifs is 1. The predicted octanol–water partition coefficient (Wildman–Crippen LogP) is 2.54. The summed E-state index contributed by atoms with van der Waals surface area (Å²) >= 11 is 5.82. The van der Waals surface area contributed by atoms with Crippen LogP contribution in [0.5, 0.6) is 0 Å². The maximum Gasteiger partial charge on any atom is 0.0911 e. The quantitative estimate of drug-likeness (QED) is 0.609. The SMILES string of the molecule is Cc1cn(C)c2cc(Cl)cnc12. The molecule has 0 unspecified atom stereocenters. The number of pyridine rings is 1. The number of aryl methyl sites for hydroxylation is 2. The van der Waals surface area contributed by atoms with E-state index in [0.717, 1.165) is 11.0 Å². The van der Waals surface area contributed by atoms with Crippen molar-refractivity contribution >= 4 is 22.6 Å². The maximum atomic E-state index is 5.82. The lowest BCUT2D eigenvalue weighted by atomic mass is 10.3. The molecule has 0 atom stereocenters. The first-order chi connectivity index (χ1) is 5.68. The zero-order valence-electron chi connectivity index (χ0n) is 7.00. The molecule has 0 N–H and O–H groups in total. The summed E-state index contributed by atoms with van der Waals surface area (Å²) in [7, 11) is 1.99. The molecule has 2 aromatic rings. The summed E-state index contributed by atoms with van der Waals surface area (Å²) in [5, 5.41) is 0.684. The van der Waals surface area contributed by atoms with Gasteiger partial charge in [-0.15, -0.1) is 0 Å². The molecule has 0 aliphatic heterocycles. The predicted molar refractivity (Wildman–Crippen MR) is 50.5 cm³/mol. The fraction of sp³-hybridized carbons (Fsp3) is 0.222. The average Bonchev–Trinajstić information content (AvgIpc) is 2.28. The van der Waals surface area contributed by atoms with E-state index < -0.39 is 0 Å². The van der Waals surface area contributed by atoms with Gasteiger partial charge in [0, 0.05) is 19.4 Å². The molecule has 0 radical (unpaired) electrons. The Morgan fingerprint density at radius 2 is 2.25 bits per heavy atom. The Morgan fingerprint density at radius 3 is 3.00 bits per heavy atom. The van der Waals surface area contributed by atoms with Gasteiger partial charge in [0.2, 0.25) is 0 Å². The van der Waals surface area contributed by atoms with Crippen LogP contribution in [-0.4, -0.2) is 9.55 Å². The van der Waals surface area contributed by atoms with Crippen LogP contribution < -0.4 is 0 Å². The zero-order valence-corrected chi connectivity index (χ0v) is 7.76. The molecule has 62 valence electrons. The van der Waals surface area contributed by atoms with Gasteiger partial charge in [0.1, 0.15) is 0 Å². The Hall–Kier alpha value is -1.02. The van der Waals surface area contributed by atoms with Crippen molar-refractivity contribution in [2.75, 3.05) is 0 Å². The Bertz CT molecular complexity index is 431. The summed E-state index contributed by atoms with van der Waals surface area (Å²) in [6.07, 6.45) is 3.73. The standard InChI is InChI=1S/C9H9ClN2/c1-6-5-12(2)8-3-7(10)4-11-9(6)8/h3-5H,1-2H3. The van der Waals surface area contributed by atoms with E-state index in [1.807, 2.05) is 30.8 Å². The fourth-order valence-electron chi connectivity index (χ4n) is 1.42. The van der Waals surface area contributed by atoms with Crippen molar-refractivity contribution in [1.29, 1.82) is 0 Å². The van der Waals surface area contributed by atoms with E-state index in [-0.39, 0.29) is 0 Å². The van der Waals surface area contributed by atoms with Gasteiger partial charge in [-0.3, -0.25) is 4.98 Å². The lowest BCUT2D eigenvalue weighted by Crippen LogP contribution is -1.83. The molecule has 2 rings (SSSR count). The van der Waals surface area contributed by atoms with Gasteiger partial charge < -0.3 is 4.57 Å². The molecule has 0 saturated carbocycles. The molecule has 2 nitrogen and oxygen atoms in total. The maximum absolute atomic E-state index is 5.82. The van der Waals surface area contributed by atoms with E-state index in [1.54, 1.807) is 6.20 Å². The highest BCUT2D eigenvalue weighted by atomic mass is 35.5. The second-order valence-electron chi connectivity index (χ2n) is 2.94. The fourth-order valence-corrected chi connectivity index (χ4v) is 1.57. The topological polar surface area (TPSA) is 17.8 Å². The number of hydrogen-bond donors (Lipinski definition) is 0. The molecule has 0 bridgehead atoms. The third-order valence-electron chi connectivity index (χ3n) is 1.98. The number of halogens is 1. The summed E-state index contributed by atoms with van der Waals surface area (Å²) in [5.41, 5.74) is 3.30. The number of hydrogen-bond acceptors (Lipinski definition) is 1. The van der Waals surface area contributed by atoms with Gasteiger partial charge in [-0.05, 0) is 18.6 Å². The lowest BCUT2D eigenvalue weighted by Gasteiger charge is -1.94. The van der Waals surface area contributed by atoms with Crippen molar-refractivity contribution in [3.05, 3.63) is 29.0 Å². The van der Waals surface area contributed by atoms with Gasteiger partial charge >= 0.3 is 0 Å². The normalized spacial score (nSPS) is 10.9. The van der Waals surface area contributed by atoms with E-state index >= 15 is 0 Å². The van der Waals surface area contributed by atoms with Gasteiger partial charge in [0.25, 0.3) is 0 Å². The third-order valence-corrected chi connectivity index (χ3v) is 2.18. The van der Waals surface area contributed by atoms with E-state index in [2.05, 4.69) is 4.98 Å². The van der Waals surface area contributed by atoms with Gasteiger partial charge in [0.05, 0.1) is 16.1 Å². The average molecular weight is 181 g/mol. The molecular formula is C9H9ClN2. The number of rotatable bonds is 0. The highest BCUT2D eigenvalue weighted by Gasteiger charge is 2.03. The van der Waals surface area contributed by atoms with Crippen LogP contribution in [0.25, 0.3) is 11.0 Å². The van der Waals surface area contributed by atoms with Crippen LogP contribution in [0.3, 0.4) is 0 Å². The molecule has 0 amide bonds. The molecular weight excluding hydrogens is 172 g/mol. The lowest BCUT2D eigenvalue weighted by molar-refractivity contribution is 0.963. The van der Waals surface area contributed by atoms with Crippen molar-refractivity contribution in [2.24, 2.45) is 7.05 Å². The van der Waals surface area contributed by atoms with Crippen molar-refractivity contribution in [3.63, 3.8) is 0 Å². The Labute approximate surface area is 75.8 Å². The Kier molecular flexibility index (Phi) is 1.58. The molecule has 2 heterocycles. The van der Waals surface area contributed by atoms with E-state index in [4.69, 9.17) is 11.6 Å². The molecule has 0 spiro atoms. The van der Waals surface area contributed by atoms with Crippen LogP contribution in [0, 0.1) is 6.92 Å². The second-order valence-corrected chi connectivity index (χ2v) is 3.38. The Morgan fingerprint density at radius 1 is 1.50 bits per heavy atom. The van der Waals surface area contributed by atoms with Crippen molar-refractivity contribution < 1.29 is 0 Å². The summed E-state index contributed by atoms with van der Waals surface area (Å²) in [6, 6.07) is 1.93. The molecule has 0 fully saturated rings. The monoisotopic (exact) mass is 180 g/mol. The molecule has 2 aromatic heterocycles. The smallest absolute Gasteiger partial charge is 0.0911 e. The van der Waals surface area contributed by atoms with E-state index in [1.165, 1.54) is 5.56 Å². The first-order valence-electron chi connectivity index (χ1n) is 3.75. The zero-order chi connectivity index (χ0) is 8.72. The van der Waals surface area contributed by atoms with Crippen LogP contribution in [0.4, 0.5) is 0 Å². The molecule has 0 aliphatic carbocycles. The van der Waals surface area contributed by atoms with Gasteiger partial charge in [-0.25, -0.2) is 0 Å². The highest BCUT2D eigenvalue weighted by Crippen LogP contribution is 2.20. The number of nitrogens with zero attached hydrogens (tertiary/aromatic N) is 2. The van der Waals surface area contributed by atoms with Crippen molar-refractivity contribution in [1.82, 2.24) is 9.55 Å². The molecule has 0 aliphatic rings. The minimum absolute atomic E-state index is 0.684. The van der Waals surface area contributed by atoms with Crippen molar-refractivity contribution in [3.8, 4) is 0 Å². The summed E-state index contributed by atoms with van der Waals surface area (Å²) in [4.78, 5) is 4.25.